The summed E-state index contributed by atoms with van der Waals surface area (Å²) in [5, 5.41) is 3.45. The molecule has 2 aliphatic rings. The molecular weight excluding hydrogens is 236 g/mol. The molecule has 2 heterocycles. The largest absolute Gasteiger partial charge is 0.305 e. The lowest BCUT2D eigenvalue weighted by molar-refractivity contribution is -0.127. The van der Waals surface area contributed by atoms with Crippen LogP contribution in [0.1, 0.15) is 56.2 Å². The fraction of sp³-hybridized carbons (Fsp3) is 0.625. The number of nitrogens with one attached hydrogen (secondary N) is 1. The first-order valence-corrected chi connectivity index (χ1v) is 7.44. The van der Waals surface area contributed by atoms with Gasteiger partial charge in [0.05, 0.1) is 17.2 Å². The van der Waals surface area contributed by atoms with Crippen molar-refractivity contribution in [1.82, 2.24) is 10.3 Å². The van der Waals surface area contributed by atoms with Gasteiger partial charge in [-0.3, -0.25) is 9.78 Å². The third kappa shape index (κ3) is 2.32. The van der Waals surface area contributed by atoms with Crippen molar-refractivity contribution < 1.29 is 4.79 Å². The van der Waals surface area contributed by atoms with E-state index in [-0.39, 0.29) is 11.5 Å². The van der Waals surface area contributed by atoms with E-state index in [0.717, 1.165) is 44.3 Å². The van der Waals surface area contributed by atoms with Gasteiger partial charge in [-0.15, -0.1) is 0 Å². The Morgan fingerprint density at radius 2 is 2.32 bits per heavy atom. The van der Waals surface area contributed by atoms with Crippen LogP contribution in [0.2, 0.25) is 0 Å². The number of hydrogen-bond acceptors (Lipinski definition) is 3. The van der Waals surface area contributed by atoms with Gasteiger partial charge in [0, 0.05) is 6.20 Å². The second kappa shape index (κ2) is 5.04. The van der Waals surface area contributed by atoms with E-state index in [4.69, 9.17) is 0 Å². The molecule has 1 aliphatic heterocycles. The molecule has 2 unspecified atom stereocenters. The van der Waals surface area contributed by atoms with E-state index in [0.29, 0.717) is 5.78 Å². The summed E-state index contributed by atoms with van der Waals surface area (Å²) < 4.78 is 0. The Kier molecular flexibility index (Phi) is 3.40. The first kappa shape index (κ1) is 12.8. The maximum Gasteiger partial charge on any atom is 0.161 e. The minimum atomic E-state index is -0.338. The number of rotatable bonds is 2. The molecule has 0 spiro atoms. The molecule has 3 heteroatoms. The molecule has 1 aliphatic carbocycles. The third-order valence-corrected chi connectivity index (χ3v) is 4.67. The van der Waals surface area contributed by atoms with Crippen LogP contribution < -0.4 is 5.32 Å². The molecule has 3 rings (SSSR count). The van der Waals surface area contributed by atoms with E-state index in [2.05, 4.69) is 23.3 Å². The number of carbonyl (C=O) groups is 1. The highest BCUT2D eigenvalue weighted by atomic mass is 16.1. The second-order valence-corrected chi connectivity index (χ2v) is 6.07. The quantitative estimate of drug-likeness (QED) is 0.886. The van der Waals surface area contributed by atoms with Crippen molar-refractivity contribution in [2.75, 3.05) is 6.54 Å². The Morgan fingerprint density at radius 3 is 3.11 bits per heavy atom. The summed E-state index contributed by atoms with van der Waals surface area (Å²) in [6.45, 7) is 3.04. The molecule has 1 N–H and O–H groups in total. The number of pyridine rings is 1. The lowest BCUT2D eigenvalue weighted by Crippen LogP contribution is -2.54. The van der Waals surface area contributed by atoms with Gasteiger partial charge in [-0.2, -0.15) is 0 Å². The minimum absolute atomic E-state index is 0.000509. The lowest BCUT2D eigenvalue weighted by Gasteiger charge is -2.37. The molecular formula is C16H22N2O. The number of Topliss-reactive ketones (excluding diaryl/α,β-unsaturated/α-hetero) is 1. The van der Waals surface area contributed by atoms with Gasteiger partial charge in [0.15, 0.2) is 5.78 Å². The minimum Gasteiger partial charge on any atom is -0.305 e. The molecule has 1 aromatic heterocycles. The molecule has 0 radical (unpaired) electrons. The number of aromatic nitrogens is 1. The van der Waals surface area contributed by atoms with Crippen molar-refractivity contribution in [3.05, 3.63) is 29.6 Å². The number of piperidine rings is 1. The van der Waals surface area contributed by atoms with E-state index in [9.17, 15) is 4.79 Å². The normalized spacial score (nSPS) is 30.7. The summed E-state index contributed by atoms with van der Waals surface area (Å²) in [6, 6.07) is 4.10. The number of fused-ring (bicyclic) bond motifs is 1. The van der Waals surface area contributed by atoms with E-state index in [1.54, 1.807) is 0 Å². The molecule has 102 valence electrons. The van der Waals surface area contributed by atoms with Gasteiger partial charge in [0.25, 0.3) is 0 Å². The molecule has 0 saturated carbocycles. The van der Waals surface area contributed by atoms with Crippen LogP contribution in [-0.4, -0.2) is 22.9 Å². The van der Waals surface area contributed by atoms with Crippen molar-refractivity contribution in [1.29, 1.82) is 0 Å². The van der Waals surface area contributed by atoms with Crippen LogP contribution in [0.15, 0.2) is 18.3 Å². The van der Waals surface area contributed by atoms with Gasteiger partial charge in [-0.05, 0) is 63.6 Å². The van der Waals surface area contributed by atoms with Crippen LogP contribution in [0, 0.1) is 0 Å². The maximum atomic E-state index is 12.9. The van der Waals surface area contributed by atoms with E-state index in [1.165, 1.54) is 12.0 Å². The zero-order valence-electron chi connectivity index (χ0n) is 11.6. The zero-order chi connectivity index (χ0) is 13.3. The number of hydrogen-bond donors (Lipinski definition) is 1. The second-order valence-electron chi connectivity index (χ2n) is 6.07. The molecule has 0 amide bonds. The van der Waals surface area contributed by atoms with Crippen molar-refractivity contribution >= 4 is 5.78 Å². The summed E-state index contributed by atoms with van der Waals surface area (Å²) in [7, 11) is 0. The van der Waals surface area contributed by atoms with Crippen molar-refractivity contribution in [3.63, 3.8) is 0 Å². The average Bonchev–Trinajstić information content (AvgIpc) is 2.47. The molecule has 19 heavy (non-hydrogen) atoms. The van der Waals surface area contributed by atoms with Gasteiger partial charge >= 0.3 is 0 Å². The Morgan fingerprint density at radius 1 is 1.42 bits per heavy atom. The number of carbonyl (C=O) groups excluding carboxylic acids is 1. The molecule has 1 fully saturated rings. The van der Waals surface area contributed by atoms with Crippen LogP contribution in [0.25, 0.3) is 0 Å². The highest BCUT2D eigenvalue weighted by Crippen LogP contribution is 2.35. The third-order valence-electron chi connectivity index (χ3n) is 4.67. The lowest BCUT2D eigenvalue weighted by atomic mass is 9.75. The summed E-state index contributed by atoms with van der Waals surface area (Å²) >= 11 is 0. The predicted molar refractivity (Wildman–Crippen MR) is 75.2 cm³/mol. The Hall–Kier alpha value is -1.22. The first-order chi connectivity index (χ1) is 9.21. The predicted octanol–water partition coefficient (Wildman–Crippen LogP) is 2.60. The molecule has 3 nitrogen and oxygen atoms in total. The highest BCUT2D eigenvalue weighted by molar-refractivity contribution is 5.94. The molecule has 1 saturated heterocycles. The summed E-state index contributed by atoms with van der Waals surface area (Å²) in [6.07, 6.45) is 8.24. The zero-order valence-corrected chi connectivity index (χ0v) is 11.6. The molecule has 2 atom stereocenters. The topological polar surface area (TPSA) is 42.0 Å². The van der Waals surface area contributed by atoms with E-state index in [1.807, 2.05) is 12.3 Å². The SMILES string of the molecule is CC1(C(=O)C2CCCc3cccnc32)CCCCN1. The van der Waals surface area contributed by atoms with Gasteiger partial charge in [-0.1, -0.05) is 6.07 Å². The van der Waals surface area contributed by atoms with Crippen molar-refractivity contribution in [2.45, 2.75) is 56.9 Å². The van der Waals surface area contributed by atoms with Crippen molar-refractivity contribution in [3.8, 4) is 0 Å². The summed E-state index contributed by atoms with van der Waals surface area (Å²) in [5.74, 6) is 0.354. The fourth-order valence-corrected chi connectivity index (χ4v) is 3.52. The maximum absolute atomic E-state index is 12.9. The van der Waals surface area contributed by atoms with Gasteiger partial charge in [-0.25, -0.2) is 0 Å². The van der Waals surface area contributed by atoms with E-state index < -0.39 is 0 Å². The van der Waals surface area contributed by atoms with Crippen LogP contribution in [0.3, 0.4) is 0 Å². The standard InChI is InChI=1S/C16H22N2O/c1-16(9-2-3-11-18-16)15(19)13-8-4-6-12-7-5-10-17-14(12)13/h5,7,10,13,18H,2-4,6,8-9,11H2,1H3. The van der Waals surface area contributed by atoms with Gasteiger partial charge in [0.1, 0.15) is 0 Å². The van der Waals surface area contributed by atoms with Crippen LogP contribution >= 0.6 is 0 Å². The molecule has 0 aromatic carbocycles. The Balaban J connectivity index is 1.88. The van der Waals surface area contributed by atoms with E-state index >= 15 is 0 Å². The number of ketones is 1. The smallest absolute Gasteiger partial charge is 0.161 e. The van der Waals surface area contributed by atoms with Gasteiger partial charge < -0.3 is 5.32 Å². The van der Waals surface area contributed by atoms with Crippen LogP contribution in [-0.2, 0) is 11.2 Å². The van der Waals surface area contributed by atoms with Gasteiger partial charge in [0.2, 0.25) is 0 Å². The first-order valence-electron chi connectivity index (χ1n) is 7.44. The monoisotopic (exact) mass is 258 g/mol. The number of aryl methyl sites for hydroxylation is 1. The Bertz CT molecular complexity index is 477. The fourth-order valence-electron chi connectivity index (χ4n) is 3.52. The molecule has 1 aromatic rings. The van der Waals surface area contributed by atoms with Crippen LogP contribution in [0.5, 0.6) is 0 Å². The highest BCUT2D eigenvalue weighted by Gasteiger charge is 2.40. The molecule has 0 bridgehead atoms. The summed E-state index contributed by atoms with van der Waals surface area (Å²) in [4.78, 5) is 17.4. The Labute approximate surface area is 114 Å². The number of nitrogens with zero attached hydrogens (tertiary/aromatic N) is 1. The van der Waals surface area contributed by atoms with Crippen LogP contribution in [0.4, 0.5) is 0 Å². The summed E-state index contributed by atoms with van der Waals surface area (Å²) in [5.41, 5.74) is 1.97. The average molecular weight is 258 g/mol. The van der Waals surface area contributed by atoms with Crippen molar-refractivity contribution in [2.24, 2.45) is 0 Å².